The molecule has 21 heavy (non-hydrogen) atoms. The van der Waals surface area contributed by atoms with E-state index in [0.29, 0.717) is 12.6 Å². The minimum Gasteiger partial charge on any atom is -0.350 e. The van der Waals surface area contributed by atoms with Crippen LogP contribution >= 0.6 is 11.8 Å². The van der Waals surface area contributed by atoms with Gasteiger partial charge in [-0.2, -0.15) is 11.8 Å². The van der Waals surface area contributed by atoms with Gasteiger partial charge >= 0.3 is 0 Å². The number of nitrogens with zero attached hydrogens (tertiary/aromatic N) is 1. The van der Waals surface area contributed by atoms with E-state index in [1.165, 1.54) is 0 Å². The highest BCUT2D eigenvalue weighted by Gasteiger charge is 2.25. The number of carbonyl (C=O) groups is 1. The summed E-state index contributed by atoms with van der Waals surface area (Å²) >= 11 is 1.54. The Labute approximate surface area is 125 Å². The highest BCUT2D eigenvalue weighted by molar-refractivity contribution is 7.99. The van der Waals surface area contributed by atoms with Crippen LogP contribution in [0.2, 0.25) is 0 Å². The lowest BCUT2D eigenvalue weighted by Gasteiger charge is -2.22. The predicted molar refractivity (Wildman–Crippen MR) is 80.8 cm³/mol. The number of nitrogen functional groups attached to an aromatic ring is 1. The number of thioether (sulfide) groups is 1. The third-order valence-corrected chi connectivity index (χ3v) is 4.16. The molecule has 0 unspecified atom stereocenters. The molecule has 0 saturated carbocycles. The van der Waals surface area contributed by atoms with Gasteiger partial charge in [0.2, 0.25) is 0 Å². The van der Waals surface area contributed by atoms with E-state index in [1.807, 2.05) is 20.1 Å². The van der Waals surface area contributed by atoms with Crippen LogP contribution in [0, 0.1) is 15.9 Å². The van der Waals surface area contributed by atoms with Crippen LogP contribution in [0.25, 0.3) is 0 Å². The number of rotatable bonds is 6. The van der Waals surface area contributed by atoms with Crippen LogP contribution in [0.3, 0.4) is 0 Å². The third kappa shape index (κ3) is 4.30. The van der Waals surface area contributed by atoms with Gasteiger partial charge < -0.3 is 10.7 Å². The quantitative estimate of drug-likeness (QED) is 0.420. The number of anilines is 1. The molecule has 1 amide bonds. The SMILES string of the molecule is CSC(C)(C)CNC(=O)c1cc(NN)c(F)cc1[N+](=O)[O-]. The standard InChI is InChI=1S/C12H17FN4O3S/c1-12(2,21-3)6-15-11(18)7-4-9(16-14)8(13)5-10(7)17(19)20/h4-5,16H,6,14H2,1-3H3,(H,15,18). The van der Waals surface area contributed by atoms with Gasteiger partial charge in [0.15, 0.2) is 5.82 Å². The molecule has 1 rings (SSSR count). The van der Waals surface area contributed by atoms with E-state index < -0.39 is 22.3 Å². The van der Waals surface area contributed by atoms with Gasteiger partial charge in [0.1, 0.15) is 5.56 Å². The number of halogens is 1. The number of nitrogens with one attached hydrogen (secondary N) is 2. The Bertz CT molecular complexity index is 566. The van der Waals surface area contributed by atoms with E-state index in [9.17, 15) is 19.3 Å². The molecule has 1 aromatic rings. The number of amides is 1. The normalized spacial score (nSPS) is 11.1. The van der Waals surface area contributed by atoms with Crippen LogP contribution in [0.1, 0.15) is 24.2 Å². The molecule has 0 aromatic heterocycles. The molecule has 1 aromatic carbocycles. The monoisotopic (exact) mass is 316 g/mol. The van der Waals surface area contributed by atoms with E-state index >= 15 is 0 Å². The Kier molecular flexibility index (Phi) is 5.50. The maximum absolute atomic E-state index is 13.5. The molecular formula is C12H17FN4O3S. The summed E-state index contributed by atoms with van der Waals surface area (Å²) in [6.07, 6.45) is 1.89. The summed E-state index contributed by atoms with van der Waals surface area (Å²) in [4.78, 5) is 22.2. The van der Waals surface area contributed by atoms with Crippen LogP contribution in [-0.4, -0.2) is 28.4 Å². The maximum atomic E-state index is 13.5. The summed E-state index contributed by atoms with van der Waals surface area (Å²) in [5.74, 6) is 3.57. The highest BCUT2D eigenvalue weighted by atomic mass is 32.2. The molecule has 0 aliphatic carbocycles. The van der Waals surface area contributed by atoms with Crippen LogP contribution < -0.4 is 16.6 Å². The fourth-order valence-electron chi connectivity index (χ4n) is 1.47. The first-order chi connectivity index (χ1) is 9.71. The highest BCUT2D eigenvalue weighted by Crippen LogP contribution is 2.26. The zero-order valence-corrected chi connectivity index (χ0v) is 12.7. The van der Waals surface area contributed by atoms with Crippen molar-refractivity contribution in [3.05, 3.63) is 33.6 Å². The second-order valence-corrected chi connectivity index (χ2v) is 6.41. The summed E-state index contributed by atoms with van der Waals surface area (Å²) in [5, 5.41) is 13.5. The molecular weight excluding hydrogens is 299 g/mol. The van der Waals surface area contributed by atoms with Gasteiger partial charge in [0.05, 0.1) is 16.7 Å². The summed E-state index contributed by atoms with van der Waals surface area (Å²) in [5.41, 5.74) is 1.02. The van der Waals surface area contributed by atoms with Crippen molar-refractivity contribution >= 4 is 29.0 Å². The molecule has 0 atom stereocenters. The second-order valence-electron chi connectivity index (χ2n) is 4.90. The molecule has 0 aliphatic rings. The number of hydrogen-bond donors (Lipinski definition) is 3. The lowest BCUT2D eigenvalue weighted by Crippen LogP contribution is -2.36. The first-order valence-corrected chi connectivity index (χ1v) is 7.22. The van der Waals surface area contributed by atoms with E-state index in [4.69, 9.17) is 5.84 Å². The van der Waals surface area contributed by atoms with Gasteiger partial charge in [-0.15, -0.1) is 0 Å². The van der Waals surface area contributed by atoms with Crippen molar-refractivity contribution in [2.75, 3.05) is 18.2 Å². The van der Waals surface area contributed by atoms with Crippen molar-refractivity contribution in [1.82, 2.24) is 5.32 Å². The summed E-state index contributed by atoms with van der Waals surface area (Å²) in [6, 6.07) is 1.69. The van der Waals surface area contributed by atoms with Crippen molar-refractivity contribution in [2.45, 2.75) is 18.6 Å². The van der Waals surface area contributed by atoms with E-state index in [0.717, 1.165) is 6.07 Å². The van der Waals surface area contributed by atoms with Crippen molar-refractivity contribution in [2.24, 2.45) is 5.84 Å². The minimum absolute atomic E-state index is 0.185. The summed E-state index contributed by atoms with van der Waals surface area (Å²) < 4.78 is 13.3. The van der Waals surface area contributed by atoms with Crippen molar-refractivity contribution in [3.8, 4) is 0 Å². The topological polar surface area (TPSA) is 110 Å². The lowest BCUT2D eigenvalue weighted by atomic mass is 10.1. The molecule has 0 spiro atoms. The number of nitrogens with two attached hydrogens (primary N) is 1. The van der Waals surface area contributed by atoms with Crippen molar-refractivity contribution in [1.29, 1.82) is 0 Å². The van der Waals surface area contributed by atoms with Gasteiger partial charge in [-0.05, 0) is 26.2 Å². The minimum atomic E-state index is -0.898. The average molecular weight is 316 g/mol. The molecule has 7 nitrogen and oxygen atoms in total. The van der Waals surface area contributed by atoms with Gasteiger partial charge in [-0.1, -0.05) is 0 Å². The van der Waals surface area contributed by atoms with Gasteiger partial charge in [0.25, 0.3) is 11.6 Å². The fraction of sp³-hybridized carbons (Fsp3) is 0.417. The first kappa shape index (κ1) is 17.2. The summed E-state index contributed by atoms with van der Waals surface area (Å²) in [6.45, 7) is 4.15. The molecule has 0 aliphatic heterocycles. The van der Waals surface area contributed by atoms with Crippen molar-refractivity contribution < 1.29 is 14.1 Å². The van der Waals surface area contributed by atoms with E-state index in [2.05, 4.69) is 10.7 Å². The Morgan fingerprint density at radius 2 is 2.14 bits per heavy atom. The van der Waals surface area contributed by atoms with Crippen LogP contribution in [0.4, 0.5) is 15.8 Å². The largest absolute Gasteiger partial charge is 0.350 e. The fourth-order valence-corrected chi connectivity index (χ4v) is 1.68. The zero-order valence-electron chi connectivity index (χ0n) is 11.9. The molecule has 0 saturated heterocycles. The van der Waals surface area contributed by atoms with E-state index in [-0.39, 0.29) is 16.0 Å². The Balaban J connectivity index is 3.10. The third-order valence-electron chi connectivity index (χ3n) is 2.91. The first-order valence-electron chi connectivity index (χ1n) is 5.99. The molecule has 0 radical (unpaired) electrons. The number of carbonyl (C=O) groups excluding carboxylic acids is 1. The number of nitro benzene ring substituents is 1. The maximum Gasteiger partial charge on any atom is 0.285 e. The van der Waals surface area contributed by atoms with Gasteiger partial charge in [-0.25, -0.2) is 4.39 Å². The summed E-state index contributed by atoms with van der Waals surface area (Å²) in [7, 11) is 0. The van der Waals surface area contributed by atoms with E-state index in [1.54, 1.807) is 11.8 Å². The molecule has 0 heterocycles. The molecule has 0 bridgehead atoms. The zero-order chi connectivity index (χ0) is 16.2. The molecule has 9 heteroatoms. The van der Waals surface area contributed by atoms with Crippen LogP contribution in [0.15, 0.2) is 12.1 Å². The van der Waals surface area contributed by atoms with Crippen LogP contribution in [0.5, 0.6) is 0 Å². The number of hydrazine groups is 1. The van der Waals surface area contributed by atoms with Crippen LogP contribution in [-0.2, 0) is 0 Å². The Morgan fingerprint density at radius 3 is 2.62 bits per heavy atom. The van der Waals surface area contributed by atoms with Gasteiger partial charge in [0, 0.05) is 11.3 Å². The lowest BCUT2D eigenvalue weighted by molar-refractivity contribution is -0.385. The molecule has 4 N–H and O–H groups in total. The predicted octanol–water partition coefficient (Wildman–Crippen LogP) is 1.89. The number of nitro groups is 1. The molecule has 0 fully saturated rings. The smallest absolute Gasteiger partial charge is 0.285 e. The second kappa shape index (κ2) is 6.72. The molecule has 116 valence electrons. The Hall–Kier alpha value is -1.87. The van der Waals surface area contributed by atoms with Gasteiger partial charge in [-0.3, -0.25) is 20.8 Å². The number of benzene rings is 1. The number of hydrogen-bond acceptors (Lipinski definition) is 6. The Morgan fingerprint density at radius 1 is 1.52 bits per heavy atom. The average Bonchev–Trinajstić information content (AvgIpc) is 2.44. The van der Waals surface area contributed by atoms with Crippen molar-refractivity contribution in [3.63, 3.8) is 0 Å².